The lowest BCUT2D eigenvalue weighted by molar-refractivity contribution is 0.433. The number of nitrogens with zero attached hydrogens (tertiary/aromatic N) is 3. The molecular weight excluding hydrogens is 406 g/mol. The Hall–Kier alpha value is -3.42. The number of fused-ring (bicyclic) bond motifs is 1. The predicted molar refractivity (Wildman–Crippen MR) is 112 cm³/mol. The van der Waals surface area contributed by atoms with Crippen molar-refractivity contribution in [2.45, 2.75) is 11.3 Å². The standard InChI is InChI=1S/C20H19N5O4S/c21-13-14-2-4-15(5-3-14)24-8-1-9-25(11-10-24)30(28,29)16-6-7-17-18(12-16)23-20(27)19(26)22-17/h2-7,12H,1,8-11H2,(H,22,26)(H,23,27). The van der Waals surface area contributed by atoms with Crippen molar-refractivity contribution >= 4 is 26.7 Å². The predicted octanol–water partition coefficient (Wildman–Crippen LogP) is 0.989. The summed E-state index contributed by atoms with van der Waals surface area (Å²) in [4.78, 5) is 30.0. The van der Waals surface area contributed by atoms with Gasteiger partial charge < -0.3 is 14.9 Å². The first kappa shape index (κ1) is 19.9. The van der Waals surface area contributed by atoms with E-state index < -0.39 is 21.1 Å². The van der Waals surface area contributed by atoms with E-state index in [2.05, 4.69) is 20.9 Å². The van der Waals surface area contributed by atoms with Crippen LogP contribution < -0.4 is 16.0 Å². The van der Waals surface area contributed by atoms with Crippen molar-refractivity contribution in [3.05, 3.63) is 68.7 Å². The van der Waals surface area contributed by atoms with Crippen molar-refractivity contribution in [3.63, 3.8) is 0 Å². The number of hydrogen-bond donors (Lipinski definition) is 2. The van der Waals surface area contributed by atoms with Crippen LogP contribution in [0.5, 0.6) is 0 Å². The lowest BCUT2D eigenvalue weighted by Gasteiger charge is -2.23. The van der Waals surface area contributed by atoms with Crippen LogP contribution in [-0.4, -0.2) is 48.9 Å². The number of hydrogen-bond acceptors (Lipinski definition) is 6. The SMILES string of the molecule is N#Cc1ccc(N2CCCN(S(=O)(=O)c3ccc4[nH]c(=O)c(=O)[nH]c4c3)CC2)cc1. The Balaban J connectivity index is 1.58. The minimum Gasteiger partial charge on any atom is -0.370 e. The zero-order valence-electron chi connectivity index (χ0n) is 16.0. The minimum absolute atomic E-state index is 0.0597. The molecule has 3 aromatic rings. The number of benzene rings is 2. The van der Waals surface area contributed by atoms with Gasteiger partial charge in [0.25, 0.3) is 0 Å². The largest absolute Gasteiger partial charge is 0.370 e. The Bertz CT molecular complexity index is 1350. The van der Waals surface area contributed by atoms with Gasteiger partial charge in [-0.15, -0.1) is 0 Å². The lowest BCUT2D eigenvalue weighted by Crippen LogP contribution is -2.35. The van der Waals surface area contributed by atoms with Gasteiger partial charge >= 0.3 is 11.1 Å². The molecule has 1 aliphatic heterocycles. The van der Waals surface area contributed by atoms with Gasteiger partial charge in [0, 0.05) is 31.9 Å². The molecule has 0 amide bonds. The fourth-order valence-corrected chi connectivity index (χ4v) is 5.04. The van der Waals surface area contributed by atoms with Crippen LogP contribution in [-0.2, 0) is 10.0 Å². The molecule has 1 fully saturated rings. The summed E-state index contributed by atoms with van der Waals surface area (Å²) in [5.41, 5.74) is 0.531. The van der Waals surface area contributed by atoms with Gasteiger partial charge in [-0.3, -0.25) is 9.59 Å². The van der Waals surface area contributed by atoms with E-state index in [0.29, 0.717) is 43.7 Å². The molecule has 2 aromatic carbocycles. The van der Waals surface area contributed by atoms with Gasteiger partial charge in [0.2, 0.25) is 10.0 Å². The Kier molecular flexibility index (Phi) is 5.15. The second-order valence-electron chi connectivity index (χ2n) is 7.02. The van der Waals surface area contributed by atoms with E-state index >= 15 is 0 Å². The Morgan fingerprint density at radius 2 is 1.57 bits per heavy atom. The summed E-state index contributed by atoms with van der Waals surface area (Å²) >= 11 is 0. The first-order chi connectivity index (χ1) is 14.4. The maximum atomic E-state index is 13.2. The van der Waals surface area contributed by atoms with Crippen LogP contribution in [0.4, 0.5) is 5.69 Å². The normalized spacial score (nSPS) is 15.6. The molecule has 4 rings (SSSR count). The number of nitrogens with one attached hydrogen (secondary N) is 2. The monoisotopic (exact) mass is 425 g/mol. The third-order valence-electron chi connectivity index (χ3n) is 5.15. The summed E-state index contributed by atoms with van der Waals surface area (Å²) in [6.07, 6.45) is 0.650. The molecule has 0 unspecified atom stereocenters. The summed E-state index contributed by atoms with van der Waals surface area (Å²) in [6.45, 7) is 1.89. The molecule has 0 atom stereocenters. The molecule has 2 N–H and O–H groups in total. The lowest BCUT2D eigenvalue weighted by atomic mass is 10.2. The molecule has 30 heavy (non-hydrogen) atoms. The molecular formula is C20H19N5O4S. The zero-order valence-corrected chi connectivity index (χ0v) is 16.8. The Morgan fingerprint density at radius 3 is 2.27 bits per heavy atom. The maximum absolute atomic E-state index is 13.2. The number of aromatic nitrogens is 2. The smallest absolute Gasteiger partial charge is 0.314 e. The Labute approximate surface area is 172 Å². The highest BCUT2D eigenvalue weighted by Gasteiger charge is 2.27. The molecule has 2 heterocycles. The summed E-state index contributed by atoms with van der Waals surface area (Å²) in [6, 6.07) is 13.6. The van der Waals surface area contributed by atoms with Crippen molar-refractivity contribution < 1.29 is 8.42 Å². The van der Waals surface area contributed by atoms with Crippen LogP contribution in [0.2, 0.25) is 0 Å². The second-order valence-corrected chi connectivity index (χ2v) is 8.96. The number of sulfonamides is 1. The van der Waals surface area contributed by atoms with E-state index in [1.807, 2.05) is 12.1 Å². The first-order valence-electron chi connectivity index (χ1n) is 9.40. The molecule has 1 saturated heterocycles. The Morgan fingerprint density at radius 1 is 0.867 bits per heavy atom. The van der Waals surface area contributed by atoms with Crippen molar-refractivity contribution in [2.75, 3.05) is 31.1 Å². The highest BCUT2D eigenvalue weighted by molar-refractivity contribution is 7.89. The number of aromatic amines is 2. The van der Waals surface area contributed by atoms with Crippen LogP contribution in [0, 0.1) is 11.3 Å². The zero-order chi connectivity index (χ0) is 21.3. The fourth-order valence-electron chi connectivity index (χ4n) is 3.54. The quantitative estimate of drug-likeness (QED) is 0.602. The minimum atomic E-state index is -3.77. The van der Waals surface area contributed by atoms with Gasteiger partial charge in [0.1, 0.15) is 0 Å². The maximum Gasteiger partial charge on any atom is 0.314 e. The highest BCUT2D eigenvalue weighted by Crippen LogP contribution is 2.22. The molecule has 0 saturated carbocycles. The topological polar surface area (TPSA) is 130 Å². The van der Waals surface area contributed by atoms with E-state index in [0.717, 1.165) is 5.69 Å². The average Bonchev–Trinajstić information content (AvgIpc) is 3.01. The molecule has 154 valence electrons. The van der Waals surface area contributed by atoms with Gasteiger partial charge in [0.05, 0.1) is 27.6 Å². The summed E-state index contributed by atoms with van der Waals surface area (Å²) in [7, 11) is -3.77. The van der Waals surface area contributed by atoms with Gasteiger partial charge in [0.15, 0.2) is 0 Å². The van der Waals surface area contributed by atoms with Crippen molar-refractivity contribution in [2.24, 2.45) is 0 Å². The molecule has 9 nitrogen and oxygen atoms in total. The van der Waals surface area contributed by atoms with E-state index in [1.54, 1.807) is 12.1 Å². The highest BCUT2D eigenvalue weighted by atomic mass is 32.2. The van der Waals surface area contributed by atoms with Crippen LogP contribution in [0.15, 0.2) is 56.9 Å². The molecule has 0 aliphatic carbocycles. The molecule has 10 heteroatoms. The van der Waals surface area contributed by atoms with Crippen molar-refractivity contribution in [3.8, 4) is 6.07 Å². The van der Waals surface area contributed by atoms with Gasteiger partial charge in [-0.25, -0.2) is 8.42 Å². The molecule has 1 aliphatic rings. The van der Waals surface area contributed by atoms with Gasteiger partial charge in [-0.05, 0) is 48.9 Å². The van der Waals surface area contributed by atoms with E-state index in [9.17, 15) is 18.0 Å². The third kappa shape index (κ3) is 3.72. The van der Waals surface area contributed by atoms with Crippen LogP contribution in [0.1, 0.15) is 12.0 Å². The van der Waals surface area contributed by atoms with Crippen molar-refractivity contribution in [1.29, 1.82) is 5.26 Å². The number of nitriles is 1. The van der Waals surface area contributed by atoms with E-state index in [-0.39, 0.29) is 10.4 Å². The number of H-pyrrole nitrogens is 2. The second kappa shape index (κ2) is 7.78. The van der Waals surface area contributed by atoms with E-state index in [1.165, 1.54) is 22.5 Å². The number of rotatable bonds is 3. The fraction of sp³-hybridized carbons (Fsp3) is 0.250. The third-order valence-corrected chi connectivity index (χ3v) is 7.04. The van der Waals surface area contributed by atoms with Crippen LogP contribution in [0.3, 0.4) is 0 Å². The van der Waals surface area contributed by atoms with E-state index in [4.69, 9.17) is 5.26 Å². The molecule has 1 aromatic heterocycles. The van der Waals surface area contributed by atoms with Gasteiger partial charge in [-0.2, -0.15) is 9.57 Å². The summed E-state index contributed by atoms with van der Waals surface area (Å²) in [5, 5.41) is 8.94. The molecule has 0 radical (unpaired) electrons. The summed E-state index contributed by atoms with van der Waals surface area (Å²) in [5.74, 6) is 0. The van der Waals surface area contributed by atoms with Crippen molar-refractivity contribution in [1.82, 2.24) is 14.3 Å². The molecule has 0 spiro atoms. The van der Waals surface area contributed by atoms with Crippen LogP contribution in [0.25, 0.3) is 11.0 Å². The summed E-state index contributed by atoms with van der Waals surface area (Å²) < 4.78 is 27.8. The average molecular weight is 425 g/mol. The van der Waals surface area contributed by atoms with Gasteiger partial charge in [-0.1, -0.05) is 0 Å². The van der Waals surface area contributed by atoms with Crippen LogP contribution >= 0.6 is 0 Å². The molecule has 0 bridgehead atoms. The number of anilines is 1. The first-order valence-corrected chi connectivity index (χ1v) is 10.8.